The number of aromatic nitrogens is 2. The van der Waals surface area contributed by atoms with Crippen LogP contribution in [0.5, 0.6) is 0 Å². The number of nitrogens with two attached hydrogens (primary N) is 1. The second kappa shape index (κ2) is 3.70. The molecule has 0 saturated carbocycles. The smallest absolute Gasteiger partial charge is 0.0943 e. The van der Waals surface area contributed by atoms with E-state index in [2.05, 4.69) is 18.2 Å². The van der Waals surface area contributed by atoms with Gasteiger partial charge in [-0.25, -0.2) is 0 Å². The number of hydrogen-bond donors (Lipinski definition) is 1. The van der Waals surface area contributed by atoms with E-state index in [0.717, 1.165) is 23.1 Å². The van der Waals surface area contributed by atoms with E-state index < -0.39 is 0 Å². The molecule has 0 fully saturated rings. The number of nitrogen functional groups attached to an aromatic ring is 1. The lowest BCUT2D eigenvalue weighted by atomic mass is 10.2. The summed E-state index contributed by atoms with van der Waals surface area (Å²) in [7, 11) is 0. The molecule has 0 radical (unpaired) electrons. The van der Waals surface area contributed by atoms with Crippen LogP contribution in [0, 0.1) is 0 Å². The predicted molar refractivity (Wildman–Crippen MR) is 59.1 cm³/mol. The summed E-state index contributed by atoms with van der Waals surface area (Å²) in [6.07, 6.45) is 4.44. The molecule has 0 aliphatic heterocycles. The SMILES string of the molecule is CCCCn1cc2ccc(N)cc2n1. The number of rotatable bonds is 3. The lowest BCUT2D eigenvalue weighted by Gasteiger charge is -1.96. The average molecular weight is 189 g/mol. The molecular weight excluding hydrogens is 174 g/mol. The lowest BCUT2D eigenvalue weighted by molar-refractivity contribution is 0.576. The molecule has 0 spiro atoms. The standard InChI is InChI=1S/C11H15N3/c1-2-3-6-14-8-9-4-5-10(12)7-11(9)13-14/h4-5,7-8H,2-3,6,12H2,1H3. The zero-order valence-electron chi connectivity index (χ0n) is 8.40. The molecule has 0 saturated heterocycles. The van der Waals surface area contributed by atoms with Gasteiger partial charge in [0, 0.05) is 23.8 Å². The summed E-state index contributed by atoms with van der Waals surface area (Å²) in [4.78, 5) is 0. The van der Waals surface area contributed by atoms with Crippen molar-refractivity contribution >= 4 is 16.6 Å². The fourth-order valence-electron chi connectivity index (χ4n) is 1.52. The van der Waals surface area contributed by atoms with Gasteiger partial charge in [-0.3, -0.25) is 4.68 Å². The molecule has 3 nitrogen and oxygen atoms in total. The quantitative estimate of drug-likeness (QED) is 0.753. The highest BCUT2D eigenvalue weighted by Gasteiger charge is 1.99. The summed E-state index contributed by atoms with van der Waals surface area (Å²) in [6, 6.07) is 5.84. The molecule has 0 amide bonds. The molecule has 2 N–H and O–H groups in total. The van der Waals surface area contributed by atoms with Gasteiger partial charge in [0.15, 0.2) is 0 Å². The fourth-order valence-corrected chi connectivity index (χ4v) is 1.52. The van der Waals surface area contributed by atoms with Gasteiger partial charge < -0.3 is 5.73 Å². The molecule has 14 heavy (non-hydrogen) atoms. The number of benzene rings is 1. The second-order valence-corrected chi connectivity index (χ2v) is 3.56. The van der Waals surface area contributed by atoms with Crippen LogP contribution in [0.3, 0.4) is 0 Å². The highest BCUT2D eigenvalue weighted by atomic mass is 15.3. The molecule has 74 valence electrons. The number of aryl methyl sites for hydroxylation is 1. The summed E-state index contributed by atoms with van der Waals surface area (Å²) >= 11 is 0. The van der Waals surface area contributed by atoms with Gasteiger partial charge in [0.1, 0.15) is 0 Å². The first-order chi connectivity index (χ1) is 6.79. The highest BCUT2D eigenvalue weighted by molar-refractivity contribution is 5.81. The third kappa shape index (κ3) is 1.71. The third-order valence-corrected chi connectivity index (χ3v) is 2.32. The summed E-state index contributed by atoms with van der Waals surface area (Å²) in [6.45, 7) is 3.17. The highest BCUT2D eigenvalue weighted by Crippen LogP contribution is 2.15. The van der Waals surface area contributed by atoms with Crippen molar-refractivity contribution in [3.8, 4) is 0 Å². The van der Waals surface area contributed by atoms with Crippen molar-refractivity contribution in [1.82, 2.24) is 9.78 Å². The summed E-state index contributed by atoms with van der Waals surface area (Å²) < 4.78 is 1.99. The largest absolute Gasteiger partial charge is 0.399 e. The Morgan fingerprint density at radius 1 is 1.43 bits per heavy atom. The van der Waals surface area contributed by atoms with Crippen LogP contribution < -0.4 is 5.73 Å². The van der Waals surface area contributed by atoms with E-state index in [9.17, 15) is 0 Å². The van der Waals surface area contributed by atoms with Crippen LogP contribution in [-0.2, 0) is 6.54 Å². The van der Waals surface area contributed by atoms with Crippen molar-refractivity contribution in [2.24, 2.45) is 0 Å². The Labute approximate surface area is 83.5 Å². The normalized spacial score (nSPS) is 10.9. The van der Waals surface area contributed by atoms with Gasteiger partial charge in [-0.1, -0.05) is 13.3 Å². The molecule has 1 aromatic carbocycles. The molecular formula is C11H15N3. The van der Waals surface area contributed by atoms with E-state index in [0.29, 0.717) is 0 Å². The Balaban J connectivity index is 2.32. The van der Waals surface area contributed by atoms with Crippen molar-refractivity contribution < 1.29 is 0 Å². The molecule has 2 aromatic rings. The van der Waals surface area contributed by atoms with Crippen LogP contribution in [0.2, 0.25) is 0 Å². The van der Waals surface area contributed by atoms with Crippen LogP contribution in [0.1, 0.15) is 19.8 Å². The summed E-state index contributed by atoms with van der Waals surface area (Å²) in [5.41, 5.74) is 7.45. The topological polar surface area (TPSA) is 43.8 Å². The van der Waals surface area contributed by atoms with Crippen molar-refractivity contribution in [2.45, 2.75) is 26.3 Å². The first-order valence-corrected chi connectivity index (χ1v) is 5.02. The molecule has 0 aliphatic rings. The Hall–Kier alpha value is -1.51. The van der Waals surface area contributed by atoms with E-state index in [1.54, 1.807) is 0 Å². The monoisotopic (exact) mass is 189 g/mol. The maximum Gasteiger partial charge on any atom is 0.0943 e. The molecule has 0 bridgehead atoms. The molecule has 1 heterocycles. The van der Waals surface area contributed by atoms with Gasteiger partial charge in [0.25, 0.3) is 0 Å². The van der Waals surface area contributed by atoms with E-state index in [-0.39, 0.29) is 0 Å². The first kappa shape index (κ1) is 9.06. The fraction of sp³-hybridized carbons (Fsp3) is 0.364. The van der Waals surface area contributed by atoms with Gasteiger partial charge in [-0.15, -0.1) is 0 Å². The maximum atomic E-state index is 5.68. The summed E-state index contributed by atoms with van der Waals surface area (Å²) in [5, 5.41) is 5.61. The first-order valence-electron chi connectivity index (χ1n) is 5.02. The third-order valence-electron chi connectivity index (χ3n) is 2.32. The van der Waals surface area contributed by atoms with Gasteiger partial charge in [-0.05, 0) is 24.6 Å². The number of unbranched alkanes of at least 4 members (excludes halogenated alkanes) is 1. The van der Waals surface area contributed by atoms with Crippen LogP contribution in [0.4, 0.5) is 5.69 Å². The van der Waals surface area contributed by atoms with Gasteiger partial charge >= 0.3 is 0 Å². The van der Waals surface area contributed by atoms with Crippen molar-refractivity contribution in [1.29, 1.82) is 0 Å². The van der Waals surface area contributed by atoms with E-state index in [1.807, 2.05) is 22.9 Å². The molecule has 0 unspecified atom stereocenters. The molecule has 1 aromatic heterocycles. The predicted octanol–water partition coefficient (Wildman–Crippen LogP) is 2.42. The second-order valence-electron chi connectivity index (χ2n) is 3.56. The van der Waals surface area contributed by atoms with E-state index >= 15 is 0 Å². The minimum Gasteiger partial charge on any atom is -0.399 e. The molecule has 3 heteroatoms. The van der Waals surface area contributed by atoms with Crippen LogP contribution in [0.15, 0.2) is 24.4 Å². The number of hydrogen-bond acceptors (Lipinski definition) is 2. The molecule has 0 aliphatic carbocycles. The van der Waals surface area contributed by atoms with Gasteiger partial charge in [-0.2, -0.15) is 5.10 Å². The van der Waals surface area contributed by atoms with Crippen LogP contribution in [-0.4, -0.2) is 9.78 Å². The average Bonchev–Trinajstić information content (AvgIpc) is 2.56. The van der Waals surface area contributed by atoms with Crippen molar-refractivity contribution in [3.05, 3.63) is 24.4 Å². The summed E-state index contributed by atoms with van der Waals surface area (Å²) in [5.74, 6) is 0. The number of anilines is 1. The zero-order chi connectivity index (χ0) is 9.97. The van der Waals surface area contributed by atoms with Gasteiger partial charge in [0.05, 0.1) is 5.52 Å². The van der Waals surface area contributed by atoms with Crippen molar-refractivity contribution in [3.63, 3.8) is 0 Å². The van der Waals surface area contributed by atoms with Gasteiger partial charge in [0.2, 0.25) is 0 Å². The molecule has 2 rings (SSSR count). The zero-order valence-corrected chi connectivity index (χ0v) is 8.40. The maximum absolute atomic E-state index is 5.68. The Morgan fingerprint density at radius 2 is 2.29 bits per heavy atom. The number of fused-ring (bicyclic) bond motifs is 1. The Kier molecular flexibility index (Phi) is 2.39. The van der Waals surface area contributed by atoms with Crippen LogP contribution >= 0.6 is 0 Å². The Morgan fingerprint density at radius 3 is 3.07 bits per heavy atom. The lowest BCUT2D eigenvalue weighted by Crippen LogP contribution is -1.97. The van der Waals surface area contributed by atoms with E-state index in [1.165, 1.54) is 12.8 Å². The van der Waals surface area contributed by atoms with Crippen molar-refractivity contribution in [2.75, 3.05) is 5.73 Å². The van der Waals surface area contributed by atoms with E-state index in [4.69, 9.17) is 5.73 Å². The number of nitrogens with zero attached hydrogens (tertiary/aromatic N) is 2. The molecule has 0 atom stereocenters. The Bertz CT molecular complexity index is 431. The minimum atomic E-state index is 0.776. The minimum absolute atomic E-state index is 0.776. The van der Waals surface area contributed by atoms with Crippen LogP contribution in [0.25, 0.3) is 10.9 Å².